The van der Waals surface area contributed by atoms with E-state index in [0.717, 1.165) is 71.9 Å². The number of urea groups is 1. The number of carbonyl (C=O) groups is 1. The molecule has 0 aromatic heterocycles. The van der Waals surface area contributed by atoms with Crippen molar-refractivity contribution >= 4 is 6.03 Å². The van der Waals surface area contributed by atoms with E-state index in [-0.39, 0.29) is 12.1 Å². The quantitative estimate of drug-likeness (QED) is 0.684. The van der Waals surface area contributed by atoms with Gasteiger partial charge >= 0.3 is 6.03 Å². The van der Waals surface area contributed by atoms with Crippen LogP contribution in [0.3, 0.4) is 0 Å². The first-order valence-electron chi connectivity index (χ1n) is 9.24. The van der Waals surface area contributed by atoms with Gasteiger partial charge in [0, 0.05) is 46.3 Å². The van der Waals surface area contributed by atoms with E-state index in [4.69, 9.17) is 4.74 Å². The number of nitrogens with one attached hydrogen (secondary N) is 1. The van der Waals surface area contributed by atoms with E-state index in [1.807, 2.05) is 18.9 Å². The normalized spacial score (nSPS) is 22.3. The summed E-state index contributed by atoms with van der Waals surface area (Å²) in [5.74, 6) is 0.560. The Labute approximate surface area is 145 Å². The summed E-state index contributed by atoms with van der Waals surface area (Å²) in [6.45, 7) is 10.5. The molecule has 0 aliphatic carbocycles. The summed E-state index contributed by atoms with van der Waals surface area (Å²) in [5.41, 5.74) is 0. The fourth-order valence-electron chi connectivity index (χ4n) is 3.48. The van der Waals surface area contributed by atoms with Crippen molar-refractivity contribution in [1.29, 1.82) is 0 Å². The molecule has 1 atom stereocenters. The van der Waals surface area contributed by atoms with Gasteiger partial charge in [-0.3, -0.25) is 4.90 Å². The van der Waals surface area contributed by atoms with Gasteiger partial charge in [-0.2, -0.15) is 0 Å². The van der Waals surface area contributed by atoms with E-state index in [2.05, 4.69) is 15.1 Å². The third-order valence-electron chi connectivity index (χ3n) is 4.92. The van der Waals surface area contributed by atoms with Crippen LogP contribution in [-0.2, 0) is 4.74 Å². The number of hydrogen-bond acceptors (Lipinski definition) is 5. The van der Waals surface area contributed by atoms with Gasteiger partial charge in [-0.15, -0.1) is 0 Å². The Kier molecular flexibility index (Phi) is 8.24. The van der Waals surface area contributed by atoms with Crippen molar-refractivity contribution in [2.45, 2.75) is 25.9 Å². The van der Waals surface area contributed by atoms with Crippen LogP contribution in [-0.4, -0.2) is 105 Å². The van der Waals surface area contributed by atoms with Crippen molar-refractivity contribution < 1.29 is 14.6 Å². The summed E-state index contributed by atoms with van der Waals surface area (Å²) >= 11 is 0. The smallest absolute Gasteiger partial charge is 0.317 e. The Hall–Kier alpha value is -0.890. The van der Waals surface area contributed by atoms with Crippen molar-refractivity contribution in [2.75, 3.05) is 72.6 Å². The topological polar surface area (TPSA) is 68.3 Å². The second kappa shape index (κ2) is 10.2. The minimum atomic E-state index is -0.263. The molecule has 7 nitrogen and oxygen atoms in total. The van der Waals surface area contributed by atoms with Crippen molar-refractivity contribution in [3.05, 3.63) is 0 Å². The van der Waals surface area contributed by atoms with E-state index in [0.29, 0.717) is 12.5 Å². The van der Waals surface area contributed by atoms with Crippen molar-refractivity contribution in [1.82, 2.24) is 20.0 Å². The molecule has 0 aromatic carbocycles. The summed E-state index contributed by atoms with van der Waals surface area (Å²) in [4.78, 5) is 18.6. The minimum Gasteiger partial charge on any atom is -0.392 e. The summed E-state index contributed by atoms with van der Waals surface area (Å²) in [5, 5.41) is 12.5. The number of ether oxygens (including phenoxy) is 1. The molecule has 0 spiro atoms. The maximum absolute atomic E-state index is 12.2. The van der Waals surface area contributed by atoms with E-state index < -0.39 is 0 Å². The lowest BCUT2D eigenvalue weighted by atomic mass is 9.96. The van der Waals surface area contributed by atoms with Crippen molar-refractivity contribution in [2.24, 2.45) is 5.92 Å². The van der Waals surface area contributed by atoms with Crippen LogP contribution in [0.4, 0.5) is 4.79 Å². The maximum Gasteiger partial charge on any atom is 0.317 e. The van der Waals surface area contributed by atoms with Gasteiger partial charge in [-0.05, 0) is 38.8 Å². The van der Waals surface area contributed by atoms with Gasteiger partial charge in [0.1, 0.15) is 0 Å². The molecule has 140 valence electrons. The molecular weight excluding hydrogens is 308 g/mol. The van der Waals surface area contributed by atoms with Crippen LogP contribution in [0.1, 0.15) is 19.8 Å². The third kappa shape index (κ3) is 6.93. The zero-order chi connectivity index (χ0) is 17.4. The number of amides is 2. The van der Waals surface area contributed by atoms with Crippen LogP contribution in [0.5, 0.6) is 0 Å². The lowest BCUT2D eigenvalue weighted by Gasteiger charge is -2.34. The number of morpholine rings is 1. The molecule has 0 saturated carbocycles. The largest absolute Gasteiger partial charge is 0.392 e. The Morgan fingerprint density at radius 3 is 2.54 bits per heavy atom. The van der Waals surface area contributed by atoms with E-state index in [1.165, 1.54) is 0 Å². The van der Waals surface area contributed by atoms with Gasteiger partial charge in [0.05, 0.1) is 19.3 Å². The first kappa shape index (κ1) is 19.4. The summed E-state index contributed by atoms with van der Waals surface area (Å²) in [6, 6.07) is 0.0228. The van der Waals surface area contributed by atoms with Crippen LogP contribution in [0.2, 0.25) is 0 Å². The number of piperidine rings is 1. The van der Waals surface area contributed by atoms with E-state index in [9.17, 15) is 9.90 Å². The van der Waals surface area contributed by atoms with Crippen LogP contribution >= 0.6 is 0 Å². The first-order valence-corrected chi connectivity index (χ1v) is 9.24. The zero-order valence-corrected chi connectivity index (χ0v) is 15.2. The Balaban J connectivity index is 1.58. The Morgan fingerprint density at radius 1 is 1.25 bits per heavy atom. The predicted octanol–water partition coefficient (Wildman–Crippen LogP) is 0.0528. The number of β-amino-alcohol motifs (C(OH)–C–C–N with tert-alkyl or cyclic N) is 1. The summed E-state index contributed by atoms with van der Waals surface area (Å²) < 4.78 is 5.32. The van der Waals surface area contributed by atoms with E-state index in [1.54, 1.807) is 0 Å². The number of nitrogens with zero attached hydrogens (tertiary/aromatic N) is 3. The molecule has 24 heavy (non-hydrogen) atoms. The molecule has 7 heteroatoms. The zero-order valence-electron chi connectivity index (χ0n) is 15.2. The molecule has 2 fully saturated rings. The van der Waals surface area contributed by atoms with Crippen LogP contribution in [0.15, 0.2) is 0 Å². The molecule has 2 rings (SSSR count). The monoisotopic (exact) mass is 342 g/mol. The number of likely N-dealkylation sites (tertiary alicyclic amines) is 1. The molecule has 0 bridgehead atoms. The molecule has 2 aliphatic rings. The van der Waals surface area contributed by atoms with Gasteiger partial charge in [-0.1, -0.05) is 0 Å². The highest BCUT2D eigenvalue weighted by molar-refractivity contribution is 5.73. The maximum atomic E-state index is 12.2. The van der Waals surface area contributed by atoms with Gasteiger partial charge in [0.15, 0.2) is 0 Å². The Bertz CT molecular complexity index is 367. The second-order valence-corrected chi connectivity index (χ2v) is 7.16. The average Bonchev–Trinajstić information content (AvgIpc) is 2.57. The molecule has 0 aromatic rings. The standard InChI is InChI=1S/C17H34N4O3/c1-15(22)13-21-6-3-16(4-7-21)14-19(2)17(23)18-5-8-20-9-11-24-12-10-20/h15-16,22H,3-14H2,1-2H3,(H,18,23)/t15-/m0/s1. The third-order valence-corrected chi connectivity index (χ3v) is 4.92. The lowest BCUT2D eigenvalue weighted by molar-refractivity contribution is 0.0385. The predicted molar refractivity (Wildman–Crippen MR) is 94.1 cm³/mol. The van der Waals surface area contributed by atoms with Gasteiger partial charge < -0.3 is 25.0 Å². The average molecular weight is 342 g/mol. The molecule has 2 amide bonds. The van der Waals surface area contributed by atoms with Gasteiger partial charge in [-0.25, -0.2) is 4.79 Å². The fourth-order valence-corrected chi connectivity index (χ4v) is 3.48. The van der Waals surface area contributed by atoms with Crippen molar-refractivity contribution in [3.8, 4) is 0 Å². The highest BCUT2D eigenvalue weighted by Crippen LogP contribution is 2.18. The highest BCUT2D eigenvalue weighted by Gasteiger charge is 2.22. The Morgan fingerprint density at radius 2 is 1.92 bits per heavy atom. The number of rotatable bonds is 7. The van der Waals surface area contributed by atoms with Crippen LogP contribution < -0.4 is 5.32 Å². The van der Waals surface area contributed by atoms with Crippen molar-refractivity contribution in [3.63, 3.8) is 0 Å². The second-order valence-electron chi connectivity index (χ2n) is 7.16. The fraction of sp³-hybridized carbons (Fsp3) is 0.941. The van der Waals surface area contributed by atoms with Gasteiger partial charge in [0.2, 0.25) is 0 Å². The molecular formula is C17H34N4O3. The lowest BCUT2D eigenvalue weighted by Crippen LogP contribution is -2.46. The molecule has 2 heterocycles. The van der Waals surface area contributed by atoms with Gasteiger partial charge in [0.25, 0.3) is 0 Å². The molecule has 2 N–H and O–H groups in total. The first-order chi connectivity index (χ1) is 11.5. The molecule has 0 unspecified atom stereocenters. The number of carbonyl (C=O) groups excluding carboxylic acids is 1. The molecule has 2 saturated heterocycles. The molecule has 2 aliphatic heterocycles. The highest BCUT2D eigenvalue weighted by atomic mass is 16.5. The summed E-state index contributed by atoms with van der Waals surface area (Å²) in [7, 11) is 1.88. The number of aliphatic hydroxyl groups is 1. The summed E-state index contributed by atoms with van der Waals surface area (Å²) in [6.07, 6.45) is 1.93. The van der Waals surface area contributed by atoms with E-state index >= 15 is 0 Å². The number of hydrogen-bond donors (Lipinski definition) is 2. The SMILES string of the molecule is C[C@H](O)CN1CCC(CN(C)C(=O)NCCN2CCOCC2)CC1. The number of aliphatic hydroxyl groups excluding tert-OH is 1. The minimum absolute atomic E-state index is 0.0228. The van der Waals surface area contributed by atoms with Crippen LogP contribution in [0.25, 0.3) is 0 Å². The van der Waals surface area contributed by atoms with Crippen LogP contribution in [0, 0.1) is 5.92 Å². The molecule has 0 radical (unpaired) electrons.